The number of aromatic nitrogens is 3. The lowest BCUT2D eigenvalue weighted by Crippen LogP contribution is -2.44. The molecule has 2 aromatic carbocycles. The van der Waals surface area contributed by atoms with E-state index in [0.29, 0.717) is 16.8 Å². The van der Waals surface area contributed by atoms with Gasteiger partial charge in [0, 0.05) is 5.10 Å². The van der Waals surface area contributed by atoms with Crippen molar-refractivity contribution in [1.82, 2.24) is 20.2 Å². The van der Waals surface area contributed by atoms with Gasteiger partial charge >= 0.3 is 5.95 Å². The Morgan fingerprint density at radius 2 is 1.72 bits per heavy atom. The molecule has 0 unspecified atom stereocenters. The molecule has 0 saturated carbocycles. The third-order valence-electron chi connectivity index (χ3n) is 4.14. The van der Waals surface area contributed by atoms with Crippen molar-refractivity contribution in [2.75, 3.05) is 0 Å². The number of rotatable bonds is 7. The molecule has 0 bridgehead atoms. The summed E-state index contributed by atoms with van der Waals surface area (Å²) in [4.78, 5) is 26.4. The summed E-state index contributed by atoms with van der Waals surface area (Å²) in [6, 6.07) is 17.1. The maximum absolute atomic E-state index is 12.9. The number of aliphatic hydroxyl groups is 1. The molecule has 0 aliphatic carbocycles. The smallest absolute Gasteiger partial charge is 0.390 e. The van der Waals surface area contributed by atoms with Crippen molar-refractivity contribution in [3.05, 3.63) is 88.2 Å². The summed E-state index contributed by atoms with van der Waals surface area (Å²) in [7, 11) is 0. The maximum atomic E-state index is 12.9. The molecule has 0 spiro atoms. The number of hydrogen-bond donors (Lipinski definition) is 2. The van der Waals surface area contributed by atoms with Gasteiger partial charge in [0.2, 0.25) is 6.33 Å². The first-order valence-electron chi connectivity index (χ1n) is 8.62. The standard InChI is InChI=1S/C19H18N6O4/c1-14(12-24-13-20-18(23-24)25(28)29)21-22-17(26)19(27,15-8-4-2-5-9-15)16-10-6-3-7-11-16/h2-11,13,27H,12H2,1H3,(H,22,26). The van der Waals surface area contributed by atoms with Crippen LogP contribution < -0.4 is 5.43 Å². The Hall–Kier alpha value is -3.92. The predicted molar refractivity (Wildman–Crippen MR) is 104 cm³/mol. The number of nitrogens with zero attached hydrogens (tertiary/aromatic N) is 5. The first-order chi connectivity index (χ1) is 13.9. The van der Waals surface area contributed by atoms with E-state index < -0.39 is 22.4 Å². The van der Waals surface area contributed by atoms with Crippen molar-refractivity contribution in [2.24, 2.45) is 5.10 Å². The summed E-state index contributed by atoms with van der Waals surface area (Å²) in [6.45, 7) is 1.69. The minimum atomic E-state index is -1.95. The second-order valence-corrected chi connectivity index (χ2v) is 6.23. The second-order valence-electron chi connectivity index (χ2n) is 6.23. The van der Waals surface area contributed by atoms with Gasteiger partial charge in [0.05, 0.1) is 12.3 Å². The van der Waals surface area contributed by atoms with Gasteiger partial charge in [0.25, 0.3) is 5.91 Å². The quantitative estimate of drug-likeness (QED) is 0.355. The third kappa shape index (κ3) is 4.33. The van der Waals surface area contributed by atoms with E-state index in [1.54, 1.807) is 67.6 Å². The zero-order valence-electron chi connectivity index (χ0n) is 15.5. The van der Waals surface area contributed by atoms with Gasteiger partial charge in [-0.15, -0.1) is 0 Å². The van der Waals surface area contributed by atoms with Crippen LogP contribution in [-0.2, 0) is 16.9 Å². The minimum Gasteiger partial charge on any atom is -0.390 e. The molecule has 0 fully saturated rings. The Labute approximate surface area is 165 Å². The first kappa shape index (κ1) is 19.8. The van der Waals surface area contributed by atoms with Crippen LogP contribution in [0.3, 0.4) is 0 Å². The molecule has 3 aromatic rings. The average molecular weight is 394 g/mol. The van der Waals surface area contributed by atoms with Gasteiger partial charge in [-0.2, -0.15) is 9.78 Å². The molecule has 0 saturated heterocycles. The molecule has 29 heavy (non-hydrogen) atoms. The molecule has 148 valence electrons. The van der Waals surface area contributed by atoms with E-state index in [1.165, 1.54) is 11.0 Å². The lowest BCUT2D eigenvalue weighted by molar-refractivity contribution is -0.394. The summed E-state index contributed by atoms with van der Waals surface area (Å²) in [5.74, 6) is -1.26. The molecule has 0 aliphatic heterocycles. The predicted octanol–water partition coefficient (Wildman–Crippen LogP) is 1.61. The summed E-state index contributed by atoms with van der Waals surface area (Å²) in [5.41, 5.74) is 1.62. The molecule has 1 amide bonds. The zero-order chi connectivity index (χ0) is 20.9. The van der Waals surface area contributed by atoms with E-state index in [-0.39, 0.29) is 6.54 Å². The van der Waals surface area contributed by atoms with Gasteiger partial charge in [-0.25, -0.2) is 5.43 Å². The SMILES string of the molecule is CC(Cn1cnc([N+](=O)[O-])n1)=NNC(=O)C(O)(c1ccccc1)c1ccccc1. The summed E-state index contributed by atoms with van der Waals surface area (Å²) in [6.07, 6.45) is 1.20. The number of amides is 1. The van der Waals surface area contributed by atoms with Gasteiger partial charge < -0.3 is 15.2 Å². The number of carbonyl (C=O) groups excluding carboxylic acids is 1. The topological polar surface area (TPSA) is 136 Å². The van der Waals surface area contributed by atoms with Crippen molar-refractivity contribution in [1.29, 1.82) is 0 Å². The monoisotopic (exact) mass is 394 g/mol. The Kier molecular flexibility index (Phi) is 5.74. The van der Waals surface area contributed by atoms with E-state index in [4.69, 9.17) is 0 Å². The van der Waals surface area contributed by atoms with Crippen LogP contribution in [0.15, 0.2) is 72.1 Å². The number of hydrazone groups is 1. The van der Waals surface area contributed by atoms with Crippen LogP contribution in [0.4, 0.5) is 5.95 Å². The Balaban J connectivity index is 1.81. The van der Waals surface area contributed by atoms with Crippen LogP contribution in [0.25, 0.3) is 0 Å². The number of hydrogen-bond acceptors (Lipinski definition) is 7. The molecule has 3 rings (SSSR count). The zero-order valence-corrected chi connectivity index (χ0v) is 15.5. The lowest BCUT2D eigenvalue weighted by atomic mass is 9.85. The van der Waals surface area contributed by atoms with E-state index in [9.17, 15) is 20.0 Å². The molecule has 10 heteroatoms. The first-order valence-corrected chi connectivity index (χ1v) is 8.62. The van der Waals surface area contributed by atoms with Gasteiger partial charge in [-0.3, -0.25) is 4.79 Å². The molecular formula is C19H18N6O4. The second kappa shape index (κ2) is 8.40. The van der Waals surface area contributed by atoms with E-state index >= 15 is 0 Å². The molecular weight excluding hydrogens is 376 g/mol. The fraction of sp³-hybridized carbons (Fsp3) is 0.158. The Morgan fingerprint density at radius 1 is 1.17 bits per heavy atom. The molecule has 1 heterocycles. The van der Waals surface area contributed by atoms with E-state index in [1.807, 2.05) is 0 Å². The van der Waals surface area contributed by atoms with Crippen LogP contribution in [-0.4, -0.2) is 36.4 Å². The van der Waals surface area contributed by atoms with Gasteiger partial charge in [0.1, 0.15) is 0 Å². The number of benzene rings is 2. The highest BCUT2D eigenvalue weighted by molar-refractivity contribution is 5.91. The third-order valence-corrected chi connectivity index (χ3v) is 4.14. The molecule has 0 aliphatic rings. The van der Waals surface area contributed by atoms with E-state index in [0.717, 1.165) is 0 Å². The molecule has 0 radical (unpaired) electrons. The van der Waals surface area contributed by atoms with Crippen LogP contribution in [0.2, 0.25) is 0 Å². The summed E-state index contributed by atoms with van der Waals surface area (Å²) >= 11 is 0. The summed E-state index contributed by atoms with van der Waals surface area (Å²) < 4.78 is 1.23. The number of nitrogens with one attached hydrogen (secondary N) is 1. The van der Waals surface area contributed by atoms with Crippen molar-refractivity contribution < 1.29 is 14.8 Å². The normalized spacial score (nSPS) is 11.9. The highest BCUT2D eigenvalue weighted by Gasteiger charge is 2.39. The molecule has 0 atom stereocenters. The highest BCUT2D eigenvalue weighted by Crippen LogP contribution is 2.29. The van der Waals surface area contributed by atoms with Crippen LogP contribution in [0.5, 0.6) is 0 Å². The van der Waals surface area contributed by atoms with E-state index in [2.05, 4.69) is 20.6 Å². The average Bonchev–Trinajstić information content (AvgIpc) is 3.21. The van der Waals surface area contributed by atoms with Crippen molar-refractivity contribution >= 4 is 17.6 Å². The van der Waals surface area contributed by atoms with Crippen molar-refractivity contribution in [2.45, 2.75) is 19.1 Å². The van der Waals surface area contributed by atoms with Gasteiger partial charge in [-0.05, 0) is 23.0 Å². The van der Waals surface area contributed by atoms with Crippen LogP contribution >= 0.6 is 0 Å². The maximum Gasteiger partial charge on any atom is 0.490 e. The fourth-order valence-corrected chi connectivity index (χ4v) is 2.73. The lowest BCUT2D eigenvalue weighted by Gasteiger charge is -2.27. The molecule has 10 nitrogen and oxygen atoms in total. The fourth-order valence-electron chi connectivity index (χ4n) is 2.73. The number of nitro groups is 1. The van der Waals surface area contributed by atoms with Crippen LogP contribution in [0, 0.1) is 10.1 Å². The van der Waals surface area contributed by atoms with Crippen molar-refractivity contribution in [3.63, 3.8) is 0 Å². The Morgan fingerprint density at radius 3 is 2.21 bits per heavy atom. The summed E-state index contributed by atoms with van der Waals surface area (Å²) in [5, 5.41) is 29.6. The molecule has 2 N–H and O–H groups in total. The van der Waals surface area contributed by atoms with Gasteiger partial charge in [0.15, 0.2) is 5.60 Å². The Bertz CT molecular complexity index is 994. The van der Waals surface area contributed by atoms with Gasteiger partial charge in [-0.1, -0.05) is 65.6 Å². The van der Waals surface area contributed by atoms with Crippen molar-refractivity contribution in [3.8, 4) is 0 Å². The number of carbonyl (C=O) groups is 1. The molecule has 1 aromatic heterocycles. The van der Waals surface area contributed by atoms with Crippen LogP contribution in [0.1, 0.15) is 18.1 Å². The highest BCUT2D eigenvalue weighted by atomic mass is 16.6. The largest absolute Gasteiger partial charge is 0.490 e. The minimum absolute atomic E-state index is 0.0796.